The number of rotatable bonds is 4. The van der Waals surface area contributed by atoms with Crippen molar-refractivity contribution >= 4 is 18.4 Å². The normalized spacial score (nSPS) is 18.4. The number of aromatic nitrogens is 3. The monoisotopic (exact) mass is 312 g/mol. The molecule has 0 radical (unpaired) electrons. The molecule has 22 heavy (non-hydrogen) atoms. The van der Waals surface area contributed by atoms with Crippen LogP contribution in [0.5, 0.6) is 0 Å². The summed E-state index contributed by atoms with van der Waals surface area (Å²) in [7, 11) is 0. The predicted molar refractivity (Wildman–Crippen MR) is 89.1 cm³/mol. The van der Waals surface area contributed by atoms with Gasteiger partial charge in [0, 0.05) is 6.21 Å². The summed E-state index contributed by atoms with van der Waals surface area (Å²) >= 11 is 5.18. The van der Waals surface area contributed by atoms with Crippen molar-refractivity contribution in [2.45, 2.75) is 13.3 Å². The Bertz CT molecular complexity index is 806. The Morgan fingerprint density at radius 2 is 2.45 bits per heavy atom. The lowest BCUT2D eigenvalue weighted by Crippen LogP contribution is -1.94. The molecule has 1 unspecified atom stereocenters. The molecule has 3 rings (SSSR count). The number of furan rings is 1. The zero-order valence-electron chi connectivity index (χ0n) is 12.1. The number of nitrogens with one attached hydrogen (secondary N) is 1. The lowest BCUT2D eigenvalue weighted by molar-refractivity contribution is 0.573. The van der Waals surface area contributed by atoms with Gasteiger partial charge in [-0.15, -0.1) is 5.10 Å². The Morgan fingerprint density at radius 1 is 1.55 bits per heavy atom. The van der Waals surface area contributed by atoms with Gasteiger partial charge in [0.25, 0.3) is 0 Å². The van der Waals surface area contributed by atoms with Crippen LogP contribution in [0.4, 0.5) is 0 Å². The summed E-state index contributed by atoms with van der Waals surface area (Å²) in [5.74, 6) is 1.74. The fraction of sp³-hybridized carbons (Fsp3) is 0.188. The maximum absolute atomic E-state index is 5.33. The van der Waals surface area contributed by atoms with E-state index in [-0.39, 0.29) is 0 Å². The van der Waals surface area contributed by atoms with Crippen molar-refractivity contribution in [2.75, 3.05) is 0 Å². The second-order valence-corrected chi connectivity index (χ2v) is 5.43. The Kier molecular flexibility index (Phi) is 4.29. The highest BCUT2D eigenvalue weighted by Crippen LogP contribution is 2.18. The first-order valence-electron chi connectivity index (χ1n) is 7.05. The standard InChI is InChI=1S/C16H16N4OS/c1-12-5-2-6-13(11-12)7-3-9-17-20-15(18-19-16(20)22)14-8-4-10-21-14/h2-4,6-12H,5H2,1H3,(H,19,22)/b7-3+,17-9-. The minimum Gasteiger partial charge on any atom is -0.461 e. The maximum Gasteiger partial charge on any atom is 0.219 e. The van der Waals surface area contributed by atoms with Crippen molar-refractivity contribution in [3.8, 4) is 11.6 Å². The summed E-state index contributed by atoms with van der Waals surface area (Å²) in [6.45, 7) is 2.20. The Hall–Kier alpha value is -2.47. The molecule has 1 N–H and O–H groups in total. The molecule has 0 spiro atoms. The minimum atomic E-state index is 0.418. The van der Waals surface area contributed by atoms with Gasteiger partial charge in [-0.2, -0.15) is 9.78 Å². The summed E-state index contributed by atoms with van der Waals surface area (Å²) in [6.07, 6.45) is 14.8. The van der Waals surface area contributed by atoms with Crippen LogP contribution in [0.3, 0.4) is 0 Å². The Balaban J connectivity index is 1.78. The summed E-state index contributed by atoms with van der Waals surface area (Å²) in [5, 5.41) is 11.2. The van der Waals surface area contributed by atoms with Crippen LogP contribution in [-0.4, -0.2) is 21.1 Å². The molecule has 0 aromatic carbocycles. The van der Waals surface area contributed by atoms with Crippen molar-refractivity contribution in [3.63, 3.8) is 0 Å². The number of aromatic amines is 1. The molecular formula is C16H16N4OS. The third-order valence-corrected chi connectivity index (χ3v) is 3.51. The van der Waals surface area contributed by atoms with Crippen molar-refractivity contribution in [1.29, 1.82) is 0 Å². The van der Waals surface area contributed by atoms with E-state index in [0.717, 1.165) is 6.42 Å². The van der Waals surface area contributed by atoms with Gasteiger partial charge in [-0.3, -0.25) is 0 Å². The summed E-state index contributed by atoms with van der Waals surface area (Å²) in [5.41, 5.74) is 1.19. The molecule has 5 nitrogen and oxygen atoms in total. The average Bonchev–Trinajstić information content (AvgIpc) is 3.14. The van der Waals surface area contributed by atoms with E-state index in [1.54, 1.807) is 18.5 Å². The van der Waals surface area contributed by atoms with Gasteiger partial charge in [0.2, 0.25) is 10.6 Å². The smallest absolute Gasteiger partial charge is 0.219 e. The van der Waals surface area contributed by atoms with Gasteiger partial charge in [-0.1, -0.05) is 31.2 Å². The zero-order valence-corrected chi connectivity index (χ0v) is 13.0. The van der Waals surface area contributed by atoms with E-state index in [4.69, 9.17) is 16.6 Å². The highest BCUT2D eigenvalue weighted by atomic mass is 32.1. The van der Waals surface area contributed by atoms with E-state index in [1.165, 1.54) is 10.2 Å². The lowest BCUT2D eigenvalue weighted by Gasteiger charge is -2.08. The molecule has 0 amide bonds. The van der Waals surface area contributed by atoms with E-state index >= 15 is 0 Å². The largest absolute Gasteiger partial charge is 0.461 e. The van der Waals surface area contributed by atoms with Crippen LogP contribution in [0.2, 0.25) is 0 Å². The van der Waals surface area contributed by atoms with Crippen molar-refractivity contribution in [1.82, 2.24) is 14.9 Å². The predicted octanol–water partition coefficient (Wildman–Crippen LogP) is 4.11. The van der Waals surface area contributed by atoms with Gasteiger partial charge < -0.3 is 4.42 Å². The fourth-order valence-corrected chi connectivity index (χ4v) is 2.38. The first kappa shape index (κ1) is 14.5. The molecule has 0 saturated heterocycles. The number of H-pyrrole nitrogens is 1. The summed E-state index contributed by atoms with van der Waals surface area (Å²) in [6, 6.07) is 3.61. The number of hydrogen-bond donors (Lipinski definition) is 1. The summed E-state index contributed by atoms with van der Waals surface area (Å²) in [4.78, 5) is 0. The third kappa shape index (κ3) is 3.23. The molecule has 2 aromatic heterocycles. The molecule has 6 heteroatoms. The summed E-state index contributed by atoms with van der Waals surface area (Å²) < 4.78 is 7.28. The van der Waals surface area contributed by atoms with Gasteiger partial charge in [0.05, 0.1) is 6.26 Å². The fourth-order valence-electron chi connectivity index (χ4n) is 2.21. The topological polar surface area (TPSA) is 59.1 Å². The van der Waals surface area contributed by atoms with Crippen LogP contribution >= 0.6 is 12.2 Å². The van der Waals surface area contributed by atoms with Crippen molar-refractivity contribution in [3.05, 3.63) is 59.1 Å². The van der Waals surface area contributed by atoms with Crippen molar-refractivity contribution in [2.24, 2.45) is 11.0 Å². The van der Waals surface area contributed by atoms with E-state index in [0.29, 0.717) is 22.3 Å². The van der Waals surface area contributed by atoms with E-state index < -0.39 is 0 Å². The molecule has 112 valence electrons. The highest BCUT2D eigenvalue weighted by molar-refractivity contribution is 7.71. The molecule has 0 fully saturated rings. The van der Waals surface area contributed by atoms with Crippen LogP contribution in [0, 0.1) is 10.7 Å². The van der Waals surface area contributed by atoms with Crippen LogP contribution < -0.4 is 0 Å². The zero-order chi connectivity index (χ0) is 15.4. The Labute approximate surface area is 133 Å². The highest BCUT2D eigenvalue weighted by Gasteiger charge is 2.09. The Morgan fingerprint density at radius 3 is 3.23 bits per heavy atom. The third-order valence-electron chi connectivity index (χ3n) is 3.24. The van der Waals surface area contributed by atoms with Crippen molar-refractivity contribution < 1.29 is 4.42 Å². The molecule has 1 atom stereocenters. The van der Waals surface area contributed by atoms with Gasteiger partial charge in [0.15, 0.2) is 5.76 Å². The number of nitrogens with zero attached hydrogens (tertiary/aromatic N) is 3. The number of allylic oxidation sites excluding steroid dienone is 6. The van der Waals surface area contributed by atoms with Gasteiger partial charge in [-0.25, -0.2) is 5.10 Å². The van der Waals surface area contributed by atoms with E-state index in [9.17, 15) is 0 Å². The second-order valence-electron chi connectivity index (χ2n) is 5.05. The molecule has 1 aliphatic rings. The van der Waals surface area contributed by atoms with Crippen LogP contribution in [-0.2, 0) is 0 Å². The van der Waals surface area contributed by atoms with E-state index in [2.05, 4.69) is 40.5 Å². The van der Waals surface area contributed by atoms with Crippen LogP contribution in [0.25, 0.3) is 11.6 Å². The van der Waals surface area contributed by atoms with Crippen LogP contribution in [0.15, 0.2) is 63.9 Å². The molecule has 0 aliphatic heterocycles. The molecular weight excluding hydrogens is 296 g/mol. The van der Waals surface area contributed by atoms with Gasteiger partial charge >= 0.3 is 0 Å². The first-order chi connectivity index (χ1) is 10.7. The van der Waals surface area contributed by atoms with Gasteiger partial charge in [0.1, 0.15) is 0 Å². The maximum atomic E-state index is 5.33. The lowest BCUT2D eigenvalue weighted by atomic mass is 9.98. The molecule has 1 aliphatic carbocycles. The second kappa shape index (κ2) is 6.53. The quantitative estimate of drug-likeness (QED) is 0.682. The minimum absolute atomic E-state index is 0.418. The van der Waals surface area contributed by atoms with E-state index in [1.807, 2.05) is 18.2 Å². The molecule has 0 saturated carbocycles. The average molecular weight is 312 g/mol. The SMILES string of the molecule is CC1C=C(/C=C/C=N\n2c(-c3ccco3)n[nH]c2=S)C=CC1. The van der Waals surface area contributed by atoms with Gasteiger partial charge in [-0.05, 0) is 48.3 Å². The number of hydrogen-bond acceptors (Lipinski definition) is 4. The molecule has 2 aromatic rings. The van der Waals surface area contributed by atoms with Crippen LogP contribution in [0.1, 0.15) is 13.3 Å². The molecule has 0 bridgehead atoms. The molecule has 2 heterocycles. The first-order valence-corrected chi connectivity index (χ1v) is 7.45.